The monoisotopic (exact) mass is 197 g/mol. The summed E-state index contributed by atoms with van der Waals surface area (Å²) in [6.07, 6.45) is -0.361. The van der Waals surface area contributed by atoms with E-state index in [1.807, 2.05) is 12.1 Å². The molecule has 0 saturated carbocycles. The molecule has 1 saturated heterocycles. The fraction of sp³-hybridized carbons (Fsp3) is 0.222. The minimum atomic E-state index is -0.361. The molecule has 1 amide bonds. The normalized spacial score (nSPS) is 21.0. The molecule has 13 heavy (non-hydrogen) atoms. The molecule has 0 aromatic heterocycles. The van der Waals surface area contributed by atoms with Crippen LogP contribution < -0.4 is 5.32 Å². The first-order valence-electron chi connectivity index (χ1n) is 3.94. The molecule has 0 unspecified atom stereocenters. The van der Waals surface area contributed by atoms with E-state index in [4.69, 9.17) is 16.3 Å². The van der Waals surface area contributed by atoms with E-state index in [2.05, 4.69) is 5.32 Å². The summed E-state index contributed by atoms with van der Waals surface area (Å²) >= 11 is 5.73. The Bertz CT molecular complexity index is 323. The van der Waals surface area contributed by atoms with Crippen LogP contribution in [0.4, 0.5) is 4.79 Å². The fourth-order valence-corrected chi connectivity index (χ4v) is 1.39. The summed E-state index contributed by atoms with van der Waals surface area (Å²) in [6, 6.07) is 7.30. The van der Waals surface area contributed by atoms with E-state index in [1.54, 1.807) is 12.1 Å². The second-order valence-corrected chi connectivity index (χ2v) is 3.28. The van der Waals surface area contributed by atoms with E-state index in [-0.39, 0.29) is 12.1 Å². The molecule has 0 bridgehead atoms. The number of hydrogen-bond acceptors (Lipinski definition) is 2. The lowest BCUT2D eigenvalue weighted by atomic mass is 10.1. The van der Waals surface area contributed by atoms with Crippen molar-refractivity contribution >= 4 is 17.7 Å². The molecule has 0 radical (unpaired) electrons. The van der Waals surface area contributed by atoms with E-state index >= 15 is 0 Å². The van der Waals surface area contributed by atoms with Gasteiger partial charge in [-0.3, -0.25) is 0 Å². The Labute approximate surface area is 80.6 Å². The molecule has 2 rings (SSSR count). The van der Waals surface area contributed by atoms with Crippen molar-refractivity contribution < 1.29 is 9.53 Å². The molecular formula is C9H8ClNO2. The van der Waals surface area contributed by atoms with Gasteiger partial charge < -0.3 is 10.1 Å². The largest absolute Gasteiger partial charge is 0.447 e. The topological polar surface area (TPSA) is 38.3 Å². The Kier molecular flexibility index (Phi) is 2.10. The van der Waals surface area contributed by atoms with Crippen molar-refractivity contribution in [1.82, 2.24) is 5.32 Å². The van der Waals surface area contributed by atoms with Gasteiger partial charge in [0.15, 0.2) is 0 Å². The zero-order chi connectivity index (χ0) is 9.26. The third-order valence-corrected chi connectivity index (χ3v) is 2.20. The van der Waals surface area contributed by atoms with Crippen LogP contribution in [0.3, 0.4) is 0 Å². The average Bonchev–Trinajstić information content (AvgIpc) is 2.53. The molecule has 1 atom stereocenters. The molecule has 1 N–H and O–H groups in total. The highest BCUT2D eigenvalue weighted by atomic mass is 35.5. The van der Waals surface area contributed by atoms with Gasteiger partial charge in [0, 0.05) is 5.02 Å². The van der Waals surface area contributed by atoms with Crippen LogP contribution in [-0.4, -0.2) is 12.7 Å². The number of cyclic esters (lactones) is 1. The molecular weight excluding hydrogens is 190 g/mol. The van der Waals surface area contributed by atoms with E-state index in [0.29, 0.717) is 11.6 Å². The highest BCUT2D eigenvalue weighted by Gasteiger charge is 2.23. The minimum absolute atomic E-state index is 0.0373. The van der Waals surface area contributed by atoms with Crippen LogP contribution in [0.2, 0.25) is 5.02 Å². The molecule has 68 valence electrons. The van der Waals surface area contributed by atoms with Crippen LogP contribution in [-0.2, 0) is 4.74 Å². The zero-order valence-corrected chi connectivity index (χ0v) is 7.54. The minimum Gasteiger partial charge on any atom is -0.447 e. The maximum absolute atomic E-state index is 10.7. The number of carbonyl (C=O) groups is 1. The van der Waals surface area contributed by atoms with Crippen LogP contribution in [0, 0.1) is 0 Å². The number of hydrogen-bond donors (Lipinski definition) is 1. The smallest absolute Gasteiger partial charge is 0.407 e. The number of halogens is 1. The number of ether oxygens (including phenoxy) is 1. The summed E-state index contributed by atoms with van der Waals surface area (Å²) in [5, 5.41) is 3.37. The number of benzene rings is 1. The van der Waals surface area contributed by atoms with Crippen LogP contribution in [0.25, 0.3) is 0 Å². The zero-order valence-electron chi connectivity index (χ0n) is 6.79. The lowest BCUT2D eigenvalue weighted by Crippen LogP contribution is -2.18. The quantitative estimate of drug-likeness (QED) is 0.749. The molecule has 0 spiro atoms. The number of carbonyl (C=O) groups excluding carboxylic acids is 1. The average molecular weight is 198 g/mol. The van der Waals surface area contributed by atoms with Crippen LogP contribution in [0.5, 0.6) is 0 Å². The highest BCUT2D eigenvalue weighted by molar-refractivity contribution is 6.30. The van der Waals surface area contributed by atoms with Crippen molar-refractivity contribution in [2.75, 3.05) is 6.61 Å². The molecule has 1 aromatic rings. The third kappa shape index (κ3) is 1.75. The number of rotatable bonds is 1. The van der Waals surface area contributed by atoms with Gasteiger partial charge in [-0.05, 0) is 17.7 Å². The summed E-state index contributed by atoms with van der Waals surface area (Å²) in [6.45, 7) is 0.389. The Morgan fingerprint density at radius 1 is 1.38 bits per heavy atom. The van der Waals surface area contributed by atoms with Crippen molar-refractivity contribution in [3.8, 4) is 0 Å². The van der Waals surface area contributed by atoms with Crippen LogP contribution >= 0.6 is 11.6 Å². The maximum Gasteiger partial charge on any atom is 0.407 e. The van der Waals surface area contributed by atoms with Gasteiger partial charge in [-0.25, -0.2) is 4.79 Å². The summed E-state index contributed by atoms with van der Waals surface area (Å²) in [5.41, 5.74) is 1.01. The fourth-order valence-electron chi connectivity index (χ4n) is 1.26. The van der Waals surface area contributed by atoms with Gasteiger partial charge in [0.1, 0.15) is 6.61 Å². The SMILES string of the molecule is O=C1N[C@H](c2ccc(Cl)cc2)CO1. The first kappa shape index (κ1) is 8.38. The van der Waals surface area contributed by atoms with Gasteiger partial charge in [-0.2, -0.15) is 0 Å². The molecule has 1 fully saturated rings. The molecule has 0 aliphatic carbocycles. The lowest BCUT2D eigenvalue weighted by molar-refractivity contribution is 0.177. The first-order chi connectivity index (χ1) is 6.25. The van der Waals surface area contributed by atoms with E-state index in [9.17, 15) is 4.79 Å². The van der Waals surface area contributed by atoms with Crippen molar-refractivity contribution in [1.29, 1.82) is 0 Å². The molecule has 1 aromatic carbocycles. The predicted molar refractivity (Wildman–Crippen MR) is 48.7 cm³/mol. The third-order valence-electron chi connectivity index (χ3n) is 1.95. The number of nitrogens with one attached hydrogen (secondary N) is 1. The Morgan fingerprint density at radius 3 is 2.62 bits per heavy atom. The van der Waals surface area contributed by atoms with Gasteiger partial charge in [0.25, 0.3) is 0 Å². The molecule has 4 heteroatoms. The summed E-state index contributed by atoms with van der Waals surface area (Å²) < 4.78 is 4.77. The molecule has 1 heterocycles. The van der Waals surface area contributed by atoms with Gasteiger partial charge in [-0.15, -0.1) is 0 Å². The van der Waals surface area contributed by atoms with Crippen molar-refractivity contribution in [2.45, 2.75) is 6.04 Å². The second kappa shape index (κ2) is 3.26. The first-order valence-corrected chi connectivity index (χ1v) is 4.32. The van der Waals surface area contributed by atoms with Crippen LogP contribution in [0.15, 0.2) is 24.3 Å². The van der Waals surface area contributed by atoms with Gasteiger partial charge >= 0.3 is 6.09 Å². The standard InChI is InChI=1S/C9H8ClNO2/c10-7-3-1-6(2-4-7)8-5-13-9(12)11-8/h1-4,8H,5H2,(H,11,12)/t8-/m0/s1. The Balaban J connectivity index is 2.17. The molecule has 3 nitrogen and oxygen atoms in total. The summed E-state index contributed by atoms with van der Waals surface area (Å²) in [5.74, 6) is 0. The van der Waals surface area contributed by atoms with E-state index in [0.717, 1.165) is 5.56 Å². The Morgan fingerprint density at radius 2 is 2.08 bits per heavy atom. The highest BCUT2D eigenvalue weighted by Crippen LogP contribution is 2.19. The maximum atomic E-state index is 10.7. The van der Waals surface area contributed by atoms with Crippen LogP contribution in [0.1, 0.15) is 11.6 Å². The molecule has 1 aliphatic rings. The number of amides is 1. The van der Waals surface area contributed by atoms with Crippen molar-refractivity contribution in [3.05, 3.63) is 34.9 Å². The summed E-state index contributed by atoms with van der Waals surface area (Å²) in [4.78, 5) is 10.7. The number of alkyl carbamates (subject to hydrolysis) is 1. The second-order valence-electron chi connectivity index (χ2n) is 2.85. The lowest BCUT2D eigenvalue weighted by Gasteiger charge is -2.06. The van der Waals surface area contributed by atoms with Gasteiger partial charge in [0.05, 0.1) is 6.04 Å². The van der Waals surface area contributed by atoms with Crippen molar-refractivity contribution in [2.24, 2.45) is 0 Å². The van der Waals surface area contributed by atoms with Crippen molar-refractivity contribution in [3.63, 3.8) is 0 Å². The molecule has 1 aliphatic heterocycles. The summed E-state index contributed by atoms with van der Waals surface area (Å²) in [7, 11) is 0. The van der Waals surface area contributed by atoms with Gasteiger partial charge in [-0.1, -0.05) is 23.7 Å². The van der Waals surface area contributed by atoms with E-state index in [1.165, 1.54) is 0 Å². The van der Waals surface area contributed by atoms with E-state index < -0.39 is 0 Å². The predicted octanol–water partition coefficient (Wildman–Crippen LogP) is 2.12. The van der Waals surface area contributed by atoms with Gasteiger partial charge in [0.2, 0.25) is 0 Å². The Hall–Kier alpha value is -1.22.